The van der Waals surface area contributed by atoms with Crippen LogP contribution in [-0.2, 0) is 0 Å². The molecule has 2 heteroatoms. The molecule has 0 radical (unpaired) electrons. The molecule has 2 heterocycles. The molecule has 0 saturated carbocycles. The van der Waals surface area contributed by atoms with Crippen LogP contribution < -0.4 is 5.32 Å². The van der Waals surface area contributed by atoms with E-state index in [4.69, 9.17) is 0 Å². The molecule has 2 aliphatic rings. The summed E-state index contributed by atoms with van der Waals surface area (Å²) in [5, 5.41) is 3.84. The molecular formula is C27H54N2. The van der Waals surface area contributed by atoms with Crippen molar-refractivity contribution >= 4 is 0 Å². The highest BCUT2D eigenvalue weighted by molar-refractivity contribution is 4.84. The first-order chi connectivity index (χ1) is 14.4. The molecule has 2 unspecified atom stereocenters. The molecular weight excluding hydrogens is 352 g/mol. The number of rotatable bonds is 17. The normalized spacial score (nSPS) is 23.1. The second-order valence-corrected chi connectivity index (χ2v) is 10.1. The van der Waals surface area contributed by atoms with Gasteiger partial charge in [0.25, 0.3) is 0 Å². The molecule has 2 rings (SSSR count). The molecule has 29 heavy (non-hydrogen) atoms. The molecule has 0 aromatic heterocycles. The Bertz CT molecular complexity index is 356. The lowest BCUT2D eigenvalue weighted by molar-refractivity contribution is 0.0886. The van der Waals surface area contributed by atoms with Gasteiger partial charge in [0.05, 0.1) is 6.17 Å². The van der Waals surface area contributed by atoms with Crippen molar-refractivity contribution in [3.05, 3.63) is 0 Å². The van der Waals surface area contributed by atoms with Crippen LogP contribution in [0.2, 0.25) is 0 Å². The van der Waals surface area contributed by atoms with Gasteiger partial charge >= 0.3 is 0 Å². The number of hydrogen-bond donors (Lipinski definition) is 1. The first-order valence-corrected chi connectivity index (χ1v) is 13.9. The Morgan fingerprint density at radius 3 is 1.72 bits per heavy atom. The summed E-state index contributed by atoms with van der Waals surface area (Å²) in [6.45, 7) is 6.23. The summed E-state index contributed by atoms with van der Waals surface area (Å²) in [6, 6.07) is 0. The van der Waals surface area contributed by atoms with Crippen molar-refractivity contribution in [3.8, 4) is 0 Å². The SMILES string of the molecule is CCCCCCCCCCCCCCCCCCC1CCCCN2CCCNC12. The fourth-order valence-corrected chi connectivity index (χ4v) is 5.65. The Morgan fingerprint density at radius 1 is 0.621 bits per heavy atom. The van der Waals surface area contributed by atoms with E-state index in [1.54, 1.807) is 0 Å². The van der Waals surface area contributed by atoms with Crippen molar-refractivity contribution in [2.75, 3.05) is 19.6 Å². The van der Waals surface area contributed by atoms with Crippen LogP contribution >= 0.6 is 0 Å². The van der Waals surface area contributed by atoms with E-state index >= 15 is 0 Å². The van der Waals surface area contributed by atoms with Crippen molar-refractivity contribution in [2.24, 2.45) is 5.92 Å². The minimum Gasteiger partial charge on any atom is -0.301 e. The molecule has 172 valence electrons. The summed E-state index contributed by atoms with van der Waals surface area (Å²) in [5.41, 5.74) is 0. The number of unbranched alkanes of at least 4 members (excludes halogenated alkanes) is 15. The van der Waals surface area contributed by atoms with Crippen LogP contribution in [0.25, 0.3) is 0 Å². The molecule has 0 aromatic carbocycles. The Labute approximate surface area is 184 Å². The molecule has 0 spiro atoms. The van der Waals surface area contributed by atoms with Crippen LogP contribution in [0.15, 0.2) is 0 Å². The third-order valence-corrected chi connectivity index (χ3v) is 7.51. The van der Waals surface area contributed by atoms with Gasteiger partial charge in [-0.05, 0) is 44.7 Å². The van der Waals surface area contributed by atoms with Gasteiger partial charge in [-0.25, -0.2) is 0 Å². The summed E-state index contributed by atoms with van der Waals surface area (Å²) in [4.78, 5) is 2.76. The minimum atomic E-state index is 0.711. The topological polar surface area (TPSA) is 15.3 Å². The maximum Gasteiger partial charge on any atom is 0.0626 e. The number of fused-ring (bicyclic) bond motifs is 1. The van der Waals surface area contributed by atoms with Crippen LogP contribution in [0.1, 0.15) is 142 Å². The van der Waals surface area contributed by atoms with Gasteiger partial charge < -0.3 is 5.32 Å². The lowest BCUT2D eigenvalue weighted by atomic mass is 9.92. The molecule has 2 aliphatic heterocycles. The zero-order chi connectivity index (χ0) is 20.4. The van der Waals surface area contributed by atoms with Crippen molar-refractivity contribution in [2.45, 2.75) is 148 Å². The summed E-state index contributed by atoms with van der Waals surface area (Å²) in [6.07, 6.45) is 31.4. The first kappa shape index (κ1) is 25.2. The van der Waals surface area contributed by atoms with Gasteiger partial charge in [-0.15, -0.1) is 0 Å². The fourth-order valence-electron chi connectivity index (χ4n) is 5.65. The van der Waals surface area contributed by atoms with Gasteiger partial charge in [0.2, 0.25) is 0 Å². The summed E-state index contributed by atoms with van der Waals surface area (Å²) >= 11 is 0. The Hall–Kier alpha value is -0.0800. The Morgan fingerprint density at radius 2 is 1.14 bits per heavy atom. The fraction of sp³-hybridized carbons (Fsp3) is 1.00. The molecule has 2 fully saturated rings. The molecule has 0 bridgehead atoms. The number of hydrogen-bond acceptors (Lipinski definition) is 2. The summed E-state index contributed by atoms with van der Waals surface area (Å²) in [5.74, 6) is 0.921. The second-order valence-electron chi connectivity index (χ2n) is 10.1. The lowest BCUT2D eigenvalue weighted by Crippen LogP contribution is -2.54. The first-order valence-electron chi connectivity index (χ1n) is 13.9. The maximum atomic E-state index is 3.84. The van der Waals surface area contributed by atoms with E-state index in [1.807, 2.05) is 0 Å². The Balaban J connectivity index is 1.34. The average Bonchev–Trinajstić information content (AvgIpc) is 2.96. The van der Waals surface area contributed by atoms with E-state index in [1.165, 1.54) is 154 Å². The van der Waals surface area contributed by atoms with E-state index in [2.05, 4.69) is 17.1 Å². The zero-order valence-electron chi connectivity index (χ0n) is 20.1. The highest BCUT2D eigenvalue weighted by Gasteiger charge is 2.30. The predicted molar refractivity (Wildman–Crippen MR) is 129 cm³/mol. The standard InChI is InChI=1S/C27H54N2/c1-2-3-4-5-6-7-8-9-10-11-12-13-14-15-16-17-21-26-22-18-19-24-29-25-20-23-28-27(26)29/h26-28H,2-25H2,1H3. The van der Waals surface area contributed by atoms with Crippen LogP contribution in [0.4, 0.5) is 0 Å². The highest BCUT2D eigenvalue weighted by atomic mass is 15.3. The van der Waals surface area contributed by atoms with Gasteiger partial charge in [0.15, 0.2) is 0 Å². The predicted octanol–water partition coefficient (Wildman–Crippen LogP) is 8.06. The van der Waals surface area contributed by atoms with E-state index < -0.39 is 0 Å². The van der Waals surface area contributed by atoms with Crippen molar-refractivity contribution in [3.63, 3.8) is 0 Å². The van der Waals surface area contributed by atoms with Crippen LogP contribution in [0.5, 0.6) is 0 Å². The quantitative estimate of drug-likeness (QED) is 0.246. The van der Waals surface area contributed by atoms with Crippen LogP contribution in [-0.4, -0.2) is 30.7 Å². The molecule has 1 N–H and O–H groups in total. The number of nitrogens with zero attached hydrogens (tertiary/aromatic N) is 1. The van der Waals surface area contributed by atoms with Gasteiger partial charge in [0, 0.05) is 6.54 Å². The smallest absolute Gasteiger partial charge is 0.0626 e. The molecule has 2 nitrogen and oxygen atoms in total. The molecule has 2 saturated heterocycles. The lowest BCUT2D eigenvalue weighted by Gasteiger charge is -2.39. The Kier molecular flexibility index (Phi) is 15.3. The van der Waals surface area contributed by atoms with E-state index in [-0.39, 0.29) is 0 Å². The van der Waals surface area contributed by atoms with Crippen LogP contribution in [0, 0.1) is 5.92 Å². The van der Waals surface area contributed by atoms with Gasteiger partial charge in [-0.1, -0.05) is 116 Å². The largest absolute Gasteiger partial charge is 0.301 e. The maximum absolute atomic E-state index is 3.84. The monoisotopic (exact) mass is 406 g/mol. The van der Waals surface area contributed by atoms with E-state index in [0.717, 1.165) is 5.92 Å². The summed E-state index contributed by atoms with van der Waals surface area (Å²) in [7, 11) is 0. The van der Waals surface area contributed by atoms with Crippen molar-refractivity contribution in [1.82, 2.24) is 10.2 Å². The van der Waals surface area contributed by atoms with Crippen LogP contribution in [0.3, 0.4) is 0 Å². The highest BCUT2D eigenvalue weighted by Crippen LogP contribution is 2.28. The minimum absolute atomic E-state index is 0.711. The second kappa shape index (κ2) is 17.6. The van der Waals surface area contributed by atoms with Gasteiger partial charge in [-0.3, -0.25) is 4.90 Å². The molecule has 0 aliphatic carbocycles. The number of nitrogens with one attached hydrogen (secondary N) is 1. The third kappa shape index (κ3) is 11.8. The average molecular weight is 407 g/mol. The molecule has 0 amide bonds. The van der Waals surface area contributed by atoms with Gasteiger partial charge in [-0.2, -0.15) is 0 Å². The summed E-state index contributed by atoms with van der Waals surface area (Å²) < 4.78 is 0. The van der Waals surface area contributed by atoms with E-state index in [9.17, 15) is 0 Å². The molecule has 0 aromatic rings. The third-order valence-electron chi connectivity index (χ3n) is 7.51. The van der Waals surface area contributed by atoms with Crippen molar-refractivity contribution < 1.29 is 0 Å². The van der Waals surface area contributed by atoms with Crippen molar-refractivity contribution in [1.29, 1.82) is 0 Å². The zero-order valence-corrected chi connectivity index (χ0v) is 20.1. The van der Waals surface area contributed by atoms with Gasteiger partial charge in [0.1, 0.15) is 0 Å². The van der Waals surface area contributed by atoms with E-state index in [0.29, 0.717) is 6.17 Å². The molecule has 2 atom stereocenters.